The maximum atomic E-state index is 13.4. The van der Waals surface area contributed by atoms with Gasteiger partial charge in [0.05, 0.1) is 34.5 Å². The van der Waals surface area contributed by atoms with Gasteiger partial charge in [-0.25, -0.2) is 9.29 Å². The highest BCUT2D eigenvalue weighted by Crippen LogP contribution is 2.39. The number of anilines is 1. The first-order chi connectivity index (χ1) is 13.5. The Hall–Kier alpha value is -2.41. The first kappa shape index (κ1) is 18.9. The number of hydrogen-bond acceptors (Lipinski definition) is 4. The molecule has 0 N–H and O–H groups in total. The summed E-state index contributed by atoms with van der Waals surface area (Å²) in [6.07, 6.45) is 0. The molecule has 2 aliphatic rings. The van der Waals surface area contributed by atoms with Gasteiger partial charge in [-0.3, -0.25) is 9.59 Å². The molecular weight excluding hydrogens is 406 g/mol. The van der Waals surface area contributed by atoms with Gasteiger partial charge >= 0.3 is 0 Å². The second-order valence-electron chi connectivity index (χ2n) is 6.35. The van der Waals surface area contributed by atoms with Gasteiger partial charge in [-0.2, -0.15) is 0 Å². The molecule has 2 aromatic rings. The van der Waals surface area contributed by atoms with Crippen molar-refractivity contribution in [2.45, 2.75) is 0 Å². The summed E-state index contributed by atoms with van der Waals surface area (Å²) < 4.78 is 18.8. The molecule has 2 heterocycles. The predicted molar refractivity (Wildman–Crippen MR) is 105 cm³/mol. The molecule has 0 radical (unpaired) electrons. The van der Waals surface area contributed by atoms with Crippen LogP contribution in [0.1, 0.15) is 5.56 Å². The van der Waals surface area contributed by atoms with Crippen molar-refractivity contribution >= 4 is 46.3 Å². The molecule has 0 bridgehead atoms. The number of rotatable bonds is 3. The number of hydrogen-bond donors (Lipinski definition) is 0. The van der Waals surface area contributed by atoms with Crippen LogP contribution in [0.15, 0.2) is 48.2 Å². The number of imide groups is 1. The molecule has 0 aliphatic carbocycles. The van der Waals surface area contributed by atoms with E-state index in [0.717, 1.165) is 4.90 Å². The van der Waals surface area contributed by atoms with Crippen LogP contribution in [0, 0.1) is 5.82 Å². The summed E-state index contributed by atoms with van der Waals surface area (Å²) in [4.78, 5) is 29.5. The smallest absolute Gasteiger partial charge is 0.282 e. The highest BCUT2D eigenvalue weighted by Gasteiger charge is 2.43. The first-order valence-corrected chi connectivity index (χ1v) is 9.40. The van der Waals surface area contributed by atoms with Gasteiger partial charge in [-0.1, -0.05) is 41.4 Å². The van der Waals surface area contributed by atoms with Crippen LogP contribution in [0.5, 0.6) is 0 Å². The molecule has 0 saturated carbocycles. The molecule has 2 aliphatic heterocycles. The van der Waals surface area contributed by atoms with Gasteiger partial charge in [-0.05, 0) is 29.8 Å². The Labute approximate surface area is 170 Å². The molecule has 1 saturated heterocycles. The van der Waals surface area contributed by atoms with E-state index in [1.165, 1.54) is 24.3 Å². The van der Waals surface area contributed by atoms with E-state index in [-0.39, 0.29) is 27.0 Å². The second-order valence-corrected chi connectivity index (χ2v) is 7.13. The molecule has 2 aromatic carbocycles. The van der Waals surface area contributed by atoms with Crippen molar-refractivity contribution in [2.75, 3.05) is 31.2 Å². The normalized spacial score (nSPS) is 17.7. The van der Waals surface area contributed by atoms with E-state index >= 15 is 0 Å². The zero-order valence-electron chi connectivity index (χ0n) is 14.6. The molecule has 4 rings (SSSR count). The number of carbonyl (C=O) groups is 2. The van der Waals surface area contributed by atoms with E-state index in [1.54, 1.807) is 18.2 Å². The van der Waals surface area contributed by atoms with Crippen LogP contribution in [-0.2, 0) is 14.3 Å². The Balaban J connectivity index is 1.85. The van der Waals surface area contributed by atoms with Gasteiger partial charge in [0, 0.05) is 13.1 Å². The number of nitrogens with zero attached hydrogens (tertiary/aromatic N) is 2. The fourth-order valence-electron chi connectivity index (χ4n) is 3.36. The summed E-state index contributed by atoms with van der Waals surface area (Å²) in [6.45, 7) is 1.82. The number of amides is 2. The SMILES string of the molecule is O=C1C(c2ccc(F)cc2)=C(N2CCOCC2)C(=O)N1c1cccc(Cl)c1Cl. The number of morpholine rings is 1. The van der Waals surface area contributed by atoms with E-state index < -0.39 is 17.6 Å². The minimum Gasteiger partial charge on any atom is -0.378 e. The Bertz CT molecular complexity index is 985. The summed E-state index contributed by atoms with van der Waals surface area (Å²) in [5.74, 6) is -1.44. The van der Waals surface area contributed by atoms with E-state index in [9.17, 15) is 14.0 Å². The number of halogens is 3. The largest absolute Gasteiger partial charge is 0.378 e. The number of ether oxygens (including phenoxy) is 1. The molecule has 5 nitrogen and oxygen atoms in total. The Morgan fingerprint density at radius 2 is 1.61 bits per heavy atom. The van der Waals surface area contributed by atoms with Crippen LogP contribution >= 0.6 is 23.2 Å². The van der Waals surface area contributed by atoms with Crippen molar-refractivity contribution in [1.82, 2.24) is 4.90 Å². The van der Waals surface area contributed by atoms with Crippen LogP contribution in [0.25, 0.3) is 5.57 Å². The summed E-state index contributed by atoms with van der Waals surface area (Å²) in [7, 11) is 0. The highest BCUT2D eigenvalue weighted by atomic mass is 35.5. The van der Waals surface area contributed by atoms with Crippen LogP contribution in [0.3, 0.4) is 0 Å². The van der Waals surface area contributed by atoms with E-state index in [4.69, 9.17) is 27.9 Å². The zero-order valence-corrected chi connectivity index (χ0v) is 16.1. The Morgan fingerprint density at radius 1 is 0.929 bits per heavy atom. The second kappa shape index (κ2) is 7.54. The summed E-state index contributed by atoms with van der Waals surface area (Å²) in [5, 5.41) is 0.357. The van der Waals surface area contributed by atoms with Crippen molar-refractivity contribution in [3.63, 3.8) is 0 Å². The monoisotopic (exact) mass is 420 g/mol. The fraction of sp³-hybridized carbons (Fsp3) is 0.200. The third-order valence-corrected chi connectivity index (χ3v) is 5.50. The third kappa shape index (κ3) is 3.17. The number of benzene rings is 2. The topological polar surface area (TPSA) is 49.9 Å². The molecule has 0 atom stereocenters. The van der Waals surface area contributed by atoms with Crippen molar-refractivity contribution in [1.29, 1.82) is 0 Å². The van der Waals surface area contributed by atoms with Crippen molar-refractivity contribution in [3.8, 4) is 0 Å². The minimum absolute atomic E-state index is 0.118. The minimum atomic E-state index is -0.526. The Morgan fingerprint density at radius 3 is 2.29 bits per heavy atom. The van der Waals surface area contributed by atoms with Crippen molar-refractivity contribution in [2.24, 2.45) is 0 Å². The lowest BCUT2D eigenvalue weighted by Crippen LogP contribution is -2.40. The van der Waals surface area contributed by atoms with Crippen LogP contribution in [0.4, 0.5) is 10.1 Å². The summed E-state index contributed by atoms with van der Waals surface area (Å²) in [5.41, 5.74) is 1.15. The van der Waals surface area contributed by atoms with Crippen LogP contribution in [-0.4, -0.2) is 43.0 Å². The lowest BCUT2D eigenvalue weighted by atomic mass is 10.0. The van der Waals surface area contributed by atoms with Gasteiger partial charge in [-0.15, -0.1) is 0 Å². The zero-order chi connectivity index (χ0) is 19.8. The van der Waals surface area contributed by atoms with Gasteiger partial charge in [0.25, 0.3) is 11.8 Å². The van der Waals surface area contributed by atoms with Crippen molar-refractivity contribution in [3.05, 3.63) is 69.6 Å². The van der Waals surface area contributed by atoms with E-state index in [0.29, 0.717) is 31.9 Å². The van der Waals surface area contributed by atoms with E-state index in [1.807, 2.05) is 4.90 Å². The molecule has 0 spiro atoms. The molecule has 2 amide bonds. The first-order valence-electron chi connectivity index (χ1n) is 8.64. The van der Waals surface area contributed by atoms with Crippen LogP contribution in [0.2, 0.25) is 10.0 Å². The van der Waals surface area contributed by atoms with E-state index in [2.05, 4.69) is 0 Å². The van der Waals surface area contributed by atoms with Crippen molar-refractivity contribution < 1.29 is 18.7 Å². The maximum Gasteiger partial charge on any atom is 0.282 e. The lowest BCUT2D eigenvalue weighted by Gasteiger charge is -2.29. The molecule has 0 unspecified atom stereocenters. The van der Waals surface area contributed by atoms with Gasteiger partial charge < -0.3 is 9.64 Å². The average molecular weight is 421 g/mol. The third-order valence-electron chi connectivity index (χ3n) is 4.69. The highest BCUT2D eigenvalue weighted by molar-refractivity contribution is 6.49. The van der Waals surface area contributed by atoms with Crippen LogP contribution < -0.4 is 4.90 Å². The molecule has 8 heteroatoms. The predicted octanol–water partition coefficient (Wildman–Crippen LogP) is 3.75. The molecule has 0 aromatic heterocycles. The molecular formula is C20H15Cl2FN2O3. The van der Waals surface area contributed by atoms with Gasteiger partial charge in [0.1, 0.15) is 11.5 Å². The maximum absolute atomic E-state index is 13.4. The summed E-state index contributed by atoms with van der Waals surface area (Å²) >= 11 is 12.4. The Kier molecular flexibility index (Phi) is 5.10. The quantitative estimate of drug-likeness (QED) is 0.709. The summed E-state index contributed by atoms with van der Waals surface area (Å²) in [6, 6.07) is 10.2. The lowest BCUT2D eigenvalue weighted by molar-refractivity contribution is -0.121. The van der Waals surface area contributed by atoms with Gasteiger partial charge in [0.15, 0.2) is 0 Å². The fourth-order valence-corrected chi connectivity index (χ4v) is 3.74. The average Bonchev–Trinajstić information content (AvgIpc) is 2.96. The molecule has 1 fully saturated rings. The standard InChI is InChI=1S/C20H15Cl2FN2O3/c21-14-2-1-3-15(17(14)22)25-19(26)16(12-4-6-13(23)7-5-12)18(20(25)27)24-8-10-28-11-9-24/h1-7H,8-11H2. The van der Waals surface area contributed by atoms with Gasteiger partial charge in [0.2, 0.25) is 0 Å². The molecule has 28 heavy (non-hydrogen) atoms. The molecule has 144 valence electrons. The number of carbonyl (C=O) groups excluding carboxylic acids is 2.